The minimum atomic E-state index is -0.0728. The highest BCUT2D eigenvalue weighted by molar-refractivity contribution is 14.0. The second-order valence-corrected chi connectivity index (χ2v) is 7.35. The first-order chi connectivity index (χ1) is 13.2. The summed E-state index contributed by atoms with van der Waals surface area (Å²) in [7, 11) is 1.79. The summed E-state index contributed by atoms with van der Waals surface area (Å²) < 4.78 is 5.14. The summed E-state index contributed by atoms with van der Waals surface area (Å²) in [4.78, 5) is 23.2. The van der Waals surface area contributed by atoms with Crippen molar-refractivity contribution >= 4 is 47.2 Å². The highest BCUT2D eigenvalue weighted by Crippen LogP contribution is 2.22. The van der Waals surface area contributed by atoms with Crippen LogP contribution in [0.15, 0.2) is 40.7 Å². The fraction of sp³-hybridized carbons (Fsp3) is 0.450. The molecule has 1 aromatic carbocycles. The number of guanidine groups is 1. The van der Waals surface area contributed by atoms with Gasteiger partial charge in [0, 0.05) is 31.1 Å². The van der Waals surface area contributed by atoms with E-state index in [4.69, 9.17) is 9.72 Å². The number of carbonyl (C=O) groups excluding carboxylic acids is 1. The maximum atomic E-state index is 11.9. The number of ether oxygens (including phenoxy) is 1. The third kappa shape index (κ3) is 5.91. The van der Waals surface area contributed by atoms with Gasteiger partial charge in [0.05, 0.1) is 24.8 Å². The number of aromatic nitrogens is 1. The lowest BCUT2D eigenvalue weighted by Crippen LogP contribution is -2.46. The Labute approximate surface area is 187 Å². The topological polar surface area (TPSA) is 66.8 Å². The second-order valence-electron chi connectivity index (χ2n) is 6.41. The molecule has 0 radical (unpaired) electrons. The van der Waals surface area contributed by atoms with Crippen LogP contribution in [0.2, 0.25) is 0 Å². The SMILES string of the molecule is CCOC(=O)C1CCN(C(=NC)NCc2nc(-c3ccccc3)cs2)CC1.I. The smallest absolute Gasteiger partial charge is 0.309 e. The monoisotopic (exact) mass is 514 g/mol. The van der Waals surface area contributed by atoms with Crippen molar-refractivity contribution in [1.29, 1.82) is 0 Å². The molecule has 0 spiro atoms. The Morgan fingerprint density at radius 1 is 1.32 bits per heavy atom. The maximum absolute atomic E-state index is 11.9. The van der Waals surface area contributed by atoms with Crippen LogP contribution < -0.4 is 5.32 Å². The van der Waals surface area contributed by atoms with Gasteiger partial charge in [-0.1, -0.05) is 30.3 Å². The van der Waals surface area contributed by atoms with Crippen LogP contribution in [-0.2, 0) is 16.1 Å². The van der Waals surface area contributed by atoms with Crippen molar-refractivity contribution in [1.82, 2.24) is 15.2 Å². The molecule has 8 heteroatoms. The zero-order chi connectivity index (χ0) is 19.1. The van der Waals surface area contributed by atoms with Gasteiger partial charge in [-0.05, 0) is 19.8 Å². The molecular weight excluding hydrogens is 487 g/mol. The first-order valence-corrected chi connectivity index (χ1v) is 10.2. The van der Waals surface area contributed by atoms with E-state index in [2.05, 4.69) is 32.7 Å². The zero-order valence-electron chi connectivity index (χ0n) is 16.3. The van der Waals surface area contributed by atoms with Gasteiger partial charge < -0.3 is 15.0 Å². The van der Waals surface area contributed by atoms with Crippen molar-refractivity contribution in [3.8, 4) is 11.3 Å². The lowest BCUT2D eigenvalue weighted by Gasteiger charge is -2.33. The molecule has 1 saturated heterocycles. The van der Waals surface area contributed by atoms with Crippen molar-refractivity contribution in [3.05, 3.63) is 40.7 Å². The third-order valence-corrected chi connectivity index (χ3v) is 5.49. The summed E-state index contributed by atoms with van der Waals surface area (Å²) in [6.07, 6.45) is 1.60. The van der Waals surface area contributed by atoms with E-state index >= 15 is 0 Å². The number of halogens is 1. The number of rotatable bonds is 5. The average Bonchev–Trinajstić information content (AvgIpc) is 3.19. The minimum absolute atomic E-state index is 0. The van der Waals surface area contributed by atoms with Crippen molar-refractivity contribution < 1.29 is 9.53 Å². The predicted molar refractivity (Wildman–Crippen MR) is 124 cm³/mol. The van der Waals surface area contributed by atoms with Gasteiger partial charge in [-0.3, -0.25) is 9.79 Å². The third-order valence-electron chi connectivity index (χ3n) is 4.65. The van der Waals surface area contributed by atoms with Gasteiger partial charge in [0.15, 0.2) is 5.96 Å². The van der Waals surface area contributed by atoms with E-state index in [0.717, 1.165) is 48.2 Å². The van der Waals surface area contributed by atoms with E-state index in [-0.39, 0.29) is 35.9 Å². The predicted octanol–water partition coefficient (Wildman–Crippen LogP) is 3.78. The Hall–Kier alpha value is -1.68. The van der Waals surface area contributed by atoms with E-state index in [0.29, 0.717) is 13.2 Å². The number of thiazole rings is 1. The molecule has 0 aliphatic carbocycles. The van der Waals surface area contributed by atoms with E-state index in [1.165, 1.54) is 0 Å². The molecule has 0 unspecified atom stereocenters. The number of aliphatic imine (C=N–C) groups is 1. The molecule has 0 atom stereocenters. The zero-order valence-corrected chi connectivity index (χ0v) is 19.4. The summed E-state index contributed by atoms with van der Waals surface area (Å²) in [6.45, 7) is 4.54. The Balaban J connectivity index is 0.00000280. The van der Waals surface area contributed by atoms with Gasteiger partial charge in [0.25, 0.3) is 0 Å². The van der Waals surface area contributed by atoms with Crippen LogP contribution in [0.5, 0.6) is 0 Å². The summed E-state index contributed by atoms with van der Waals surface area (Å²) in [6, 6.07) is 10.2. The molecule has 3 rings (SSSR count). The number of nitrogens with one attached hydrogen (secondary N) is 1. The Morgan fingerprint density at radius 3 is 2.68 bits per heavy atom. The van der Waals surface area contributed by atoms with Gasteiger partial charge in [-0.2, -0.15) is 0 Å². The van der Waals surface area contributed by atoms with Gasteiger partial charge in [-0.25, -0.2) is 4.98 Å². The standard InChI is InChI=1S/C20H26N4O2S.HI/c1-3-26-19(25)16-9-11-24(12-10-16)20(21-2)22-13-18-23-17(14-27-18)15-7-5-4-6-8-15;/h4-8,14,16H,3,9-13H2,1-2H3,(H,21,22);1H. The van der Waals surface area contributed by atoms with Crippen LogP contribution in [0.25, 0.3) is 11.3 Å². The number of hydrogen-bond donors (Lipinski definition) is 1. The normalized spacial score (nSPS) is 15.1. The molecule has 2 heterocycles. The molecule has 0 saturated carbocycles. The quantitative estimate of drug-likeness (QED) is 0.285. The number of nitrogens with zero attached hydrogens (tertiary/aromatic N) is 3. The largest absolute Gasteiger partial charge is 0.466 e. The second kappa shape index (κ2) is 11.4. The fourth-order valence-corrected chi connectivity index (χ4v) is 3.95. The fourth-order valence-electron chi connectivity index (χ4n) is 3.21. The maximum Gasteiger partial charge on any atom is 0.309 e. The van der Waals surface area contributed by atoms with Gasteiger partial charge >= 0.3 is 5.97 Å². The molecule has 1 aliphatic rings. The number of hydrogen-bond acceptors (Lipinski definition) is 5. The molecular formula is C20H27IN4O2S. The summed E-state index contributed by atoms with van der Waals surface area (Å²) in [5.74, 6) is 0.789. The Kier molecular flexibility index (Phi) is 9.17. The molecule has 1 aliphatic heterocycles. The Bertz CT molecular complexity index is 774. The van der Waals surface area contributed by atoms with Gasteiger partial charge in [-0.15, -0.1) is 35.3 Å². The number of piperidine rings is 1. The van der Waals surface area contributed by atoms with E-state index in [9.17, 15) is 4.79 Å². The van der Waals surface area contributed by atoms with Gasteiger partial charge in [0.2, 0.25) is 0 Å². The average molecular weight is 514 g/mol. The molecule has 1 fully saturated rings. The summed E-state index contributed by atoms with van der Waals surface area (Å²) >= 11 is 1.64. The first kappa shape index (κ1) is 22.6. The lowest BCUT2D eigenvalue weighted by atomic mass is 9.97. The molecule has 0 amide bonds. The first-order valence-electron chi connectivity index (χ1n) is 9.33. The lowest BCUT2D eigenvalue weighted by molar-refractivity contribution is -0.149. The minimum Gasteiger partial charge on any atom is -0.466 e. The van der Waals surface area contributed by atoms with Crippen LogP contribution >= 0.6 is 35.3 Å². The molecule has 2 aromatic rings. The molecule has 28 heavy (non-hydrogen) atoms. The van der Waals surface area contributed by atoms with Crippen molar-refractivity contribution in [2.24, 2.45) is 10.9 Å². The van der Waals surface area contributed by atoms with Crippen LogP contribution in [0.4, 0.5) is 0 Å². The van der Waals surface area contributed by atoms with Crippen LogP contribution in [-0.4, -0.2) is 48.6 Å². The van der Waals surface area contributed by atoms with Crippen LogP contribution in [0.3, 0.4) is 0 Å². The van der Waals surface area contributed by atoms with E-state index < -0.39 is 0 Å². The number of esters is 1. The van der Waals surface area contributed by atoms with Crippen LogP contribution in [0, 0.1) is 5.92 Å². The molecule has 152 valence electrons. The number of benzene rings is 1. The number of likely N-dealkylation sites (tertiary alicyclic amines) is 1. The molecule has 0 bridgehead atoms. The highest BCUT2D eigenvalue weighted by Gasteiger charge is 2.27. The van der Waals surface area contributed by atoms with Crippen molar-refractivity contribution in [3.63, 3.8) is 0 Å². The molecule has 6 nitrogen and oxygen atoms in total. The number of carbonyl (C=O) groups is 1. The van der Waals surface area contributed by atoms with E-state index in [1.54, 1.807) is 18.4 Å². The van der Waals surface area contributed by atoms with Crippen LogP contribution in [0.1, 0.15) is 24.8 Å². The Morgan fingerprint density at radius 2 is 2.04 bits per heavy atom. The van der Waals surface area contributed by atoms with Crippen molar-refractivity contribution in [2.75, 3.05) is 26.7 Å². The van der Waals surface area contributed by atoms with E-state index in [1.807, 2.05) is 25.1 Å². The molecule has 1 N–H and O–H groups in total. The summed E-state index contributed by atoms with van der Waals surface area (Å²) in [5, 5.41) is 6.50. The van der Waals surface area contributed by atoms with Gasteiger partial charge in [0.1, 0.15) is 5.01 Å². The van der Waals surface area contributed by atoms with Crippen molar-refractivity contribution in [2.45, 2.75) is 26.3 Å². The highest BCUT2D eigenvalue weighted by atomic mass is 127. The molecule has 1 aromatic heterocycles. The summed E-state index contributed by atoms with van der Waals surface area (Å²) in [5.41, 5.74) is 2.13.